The summed E-state index contributed by atoms with van der Waals surface area (Å²) in [7, 11) is 1.63. The predicted octanol–water partition coefficient (Wildman–Crippen LogP) is -0.585. The van der Waals surface area contributed by atoms with Crippen LogP contribution >= 0.6 is 0 Å². The molecule has 180 valence electrons. The summed E-state index contributed by atoms with van der Waals surface area (Å²) in [5.74, 6) is 0.292. The summed E-state index contributed by atoms with van der Waals surface area (Å²) in [6.07, 6.45) is 1.37. The topological polar surface area (TPSA) is 109 Å². The van der Waals surface area contributed by atoms with Crippen molar-refractivity contribution in [2.75, 3.05) is 31.8 Å². The molecule has 1 aromatic heterocycles. The van der Waals surface area contributed by atoms with Crippen LogP contribution in [0.25, 0.3) is 0 Å². The number of anilines is 1. The van der Waals surface area contributed by atoms with Gasteiger partial charge in [0.2, 0.25) is 11.7 Å². The van der Waals surface area contributed by atoms with Gasteiger partial charge >= 0.3 is 51.4 Å². The molecular formula is C25H28KN5O4-2. The number of carbonyl (C=O) groups is 2. The number of benzene rings is 2. The molecule has 2 aromatic carbocycles. The minimum Gasteiger partial charge on any atom is -0.514 e. The maximum atomic E-state index is 12.7. The van der Waals surface area contributed by atoms with Crippen molar-refractivity contribution >= 4 is 17.5 Å². The van der Waals surface area contributed by atoms with E-state index in [1.165, 1.54) is 4.90 Å². The minimum atomic E-state index is -0.846. The molecule has 0 radical (unpaired) electrons. The van der Waals surface area contributed by atoms with Crippen molar-refractivity contribution in [1.82, 2.24) is 20.5 Å². The Morgan fingerprint density at radius 2 is 2.09 bits per heavy atom. The van der Waals surface area contributed by atoms with E-state index in [2.05, 4.69) is 40.4 Å². The second-order valence-electron chi connectivity index (χ2n) is 7.36. The van der Waals surface area contributed by atoms with E-state index in [1.807, 2.05) is 30.3 Å². The molecule has 3 aromatic rings. The van der Waals surface area contributed by atoms with Gasteiger partial charge in [0.05, 0.1) is 0 Å². The Balaban J connectivity index is 0.000000552. The number of ether oxygens (including phenoxy) is 2. The molecule has 2 heterocycles. The largest absolute Gasteiger partial charge is 1.00 e. The molecule has 35 heavy (non-hydrogen) atoms. The van der Waals surface area contributed by atoms with Gasteiger partial charge in [-0.2, -0.15) is 24.6 Å². The van der Waals surface area contributed by atoms with E-state index >= 15 is 0 Å². The van der Waals surface area contributed by atoms with Gasteiger partial charge in [-0.3, -0.25) is 14.7 Å². The van der Waals surface area contributed by atoms with Crippen molar-refractivity contribution in [3.8, 4) is 5.75 Å². The van der Waals surface area contributed by atoms with E-state index in [-0.39, 0.29) is 69.7 Å². The number of likely N-dealkylation sites (N-methyl/N-ethyl adjacent to an activating group) is 1. The van der Waals surface area contributed by atoms with E-state index in [0.29, 0.717) is 30.3 Å². The second-order valence-corrected chi connectivity index (χ2v) is 7.36. The van der Waals surface area contributed by atoms with Crippen molar-refractivity contribution in [2.45, 2.75) is 18.9 Å². The SMILES string of the molecule is CN1C(=O)[C@@H](NC(=O)c2n[nH]c(Cc3ccccc3)n2)COc2cc[c-]cc21.[CH2-]CCOC[CH2-].[K+]. The van der Waals surface area contributed by atoms with Crippen LogP contribution in [0.15, 0.2) is 48.5 Å². The fourth-order valence-electron chi connectivity index (χ4n) is 3.18. The first-order valence-electron chi connectivity index (χ1n) is 10.9. The Kier molecular flexibility index (Phi) is 12.6. The molecule has 0 unspecified atom stereocenters. The fraction of sp³-hybridized carbons (Fsp3) is 0.280. The first-order chi connectivity index (χ1) is 16.5. The number of nitrogens with zero attached hydrogens (tertiary/aromatic N) is 3. The number of carbonyl (C=O) groups excluding carboxylic acids is 2. The number of hydrogen-bond donors (Lipinski definition) is 2. The van der Waals surface area contributed by atoms with Crippen LogP contribution in [-0.4, -0.2) is 59.9 Å². The number of nitrogens with one attached hydrogen (secondary N) is 2. The maximum Gasteiger partial charge on any atom is 1.00 e. The third-order valence-electron chi connectivity index (χ3n) is 4.89. The smallest absolute Gasteiger partial charge is 0.514 e. The maximum absolute atomic E-state index is 12.7. The summed E-state index contributed by atoms with van der Waals surface area (Å²) >= 11 is 0. The molecule has 0 bridgehead atoms. The first-order valence-corrected chi connectivity index (χ1v) is 10.9. The number of fused-ring (bicyclic) bond motifs is 1. The number of hydrogen-bond acceptors (Lipinski definition) is 6. The van der Waals surface area contributed by atoms with Crippen molar-refractivity contribution in [2.24, 2.45) is 0 Å². The molecule has 0 saturated carbocycles. The number of aromatic amines is 1. The van der Waals surface area contributed by atoms with Crippen LogP contribution in [0.3, 0.4) is 0 Å². The molecule has 0 aliphatic carbocycles. The summed E-state index contributed by atoms with van der Waals surface area (Å²) in [4.78, 5) is 30.9. The Bertz CT molecular complexity index is 1070. The van der Waals surface area contributed by atoms with E-state index in [4.69, 9.17) is 9.47 Å². The zero-order valence-corrected chi connectivity index (χ0v) is 23.2. The number of aromatic nitrogens is 3. The van der Waals surface area contributed by atoms with Crippen LogP contribution < -0.4 is 66.3 Å². The van der Waals surface area contributed by atoms with Gasteiger partial charge in [-0.25, -0.2) is 4.98 Å². The van der Waals surface area contributed by atoms with Gasteiger partial charge in [-0.05, 0) is 11.3 Å². The van der Waals surface area contributed by atoms with Crippen molar-refractivity contribution in [3.05, 3.63) is 85.7 Å². The van der Waals surface area contributed by atoms with Gasteiger partial charge in [0, 0.05) is 25.8 Å². The Morgan fingerprint density at radius 3 is 2.77 bits per heavy atom. The van der Waals surface area contributed by atoms with E-state index in [9.17, 15) is 9.59 Å². The zero-order valence-electron chi connectivity index (χ0n) is 20.1. The number of amides is 2. The molecule has 1 aliphatic rings. The van der Waals surface area contributed by atoms with Crippen LogP contribution in [0.2, 0.25) is 0 Å². The zero-order chi connectivity index (χ0) is 24.3. The third kappa shape index (κ3) is 8.52. The molecule has 10 heteroatoms. The van der Waals surface area contributed by atoms with Gasteiger partial charge < -0.3 is 33.5 Å². The summed E-state index contributed by atoms with van der Waals surface area (Å²) in [5.41, 5.74) is 1.65. The van der Waals surface area contributed by atoms with Crippen molar-refractivity contribution in [1.29, 1.82) is 0 Å². The van der Waals surface area contributed by atoms with Gasteiger partial charge in [0.1, 0.15) is 18.5 Å². The summed E-state index contributed by atoms with van der Waals surface area (Å²) in [5, 5.41) is 9.39. The van der Waals surface area contributed by atoms with E-state index in [1.54, 1.807) is 25.2 Å². The van der Waals surface area contributed by atoms with E-state index < -0.39 is 11.9 Å². The molecule has 4 rings (SSSR count). The average molecular weight is 502 g/mol. The molecule has 0 fully saturated rings. The Hall–Kier alpha value is -2.08. The van der Waals surface area contributed by atoms with Crippen LogP contribution in [0.5, 0.6) is 5.75 Å². The minimum absolute atomic E-state index is 0. The average Bonchev–Trinajstić information content (AvgIpc) is 3.30. The van der Waals surface area contributed by atoms with Gasteiger partial charge in [0.25, 0.3) is 5.91 Å². The molecule has 1 aliphatic heterocycles. The van der Waals surface area contributed by atoms with Gasteiger partial charge in [-0.1, -0.05) is 36.9 Å². The standard InChI is InChI=1S/C20H18N5O3.C5H10O.K/c1-25-15-9-5-6-10-16(15)28-12-14(20(25)27)21-19(26)18-22-17(23-24-18)11-13-7-3-2-4-8-13;1-3-5-6-4-2;/h2-4,6-10,14H,11-12H2,1H3,(H,21,26)(H,22,23,24);1-5H2;/q-1;-2;+1/t14-;;/m0../s1. The van der Waals surface area contributed by atoms with Crippen LogP contribution in [0.1, 0.15) is 28.4 Å². The fourth-order valence-corrected chi connectivity index (χ4v) is 3.18. The van der Waals surface area contributed by atoms with Crippen LogP contribution in [0.4, 0.5) is 5.69 Å². The molecule has 2 amide bonds. The number of H-pyrrole nitrogens is 1. The van der Waals surface area contributed by atoms with Crippen LogP contribution in [0, 0.1) is 19.9 Å². The van der Waals surface area contributed by atoms with Gasteiger partial charge in [-0.15, -0.1) is 11.2 Å². The van der Waals surface area contributed by atoms with Crippen molar-refractivity contribution in [3.63, 3.8) is 0 Å². The monoisotopic (exact) mass is 501 g/mol. The van der Waals surface area contributed by atoms with Crippen molar-refractivity contribution < 1.29 is 70.4 Å². The van der Waals surface area contributed by atoms with E-state index in [0.717, 1.165) is 18.6 Å². The molecule has 0 saturated heterocycles. The predicted molar refractivity (Wildman–Crippen MR) is 127 cm³/mol. The summed E-state index contributed by atoms with van der Waals surface area (Å²) in [6, 6.07) is 16.9. The van der Waals surface area contributed by atoms with Crippen LogP contribution in [-0.2, 0) is 16.0 Å². The summed E-state index contributed by atoms with van der Waals surface area (Å²) in [6.45, 7) is 8.37. The third-order valence-corrected chi connectivity index (χ3v) is 4.89. The number of rotatable bonds is 7. The molecule has 9 nitrogen and oxygen atoms in total. The van der Waals surface area contributed by atoms with Gasteiger partial charge in [0.15, 0.2) is 0 Å². The Morgan fingerprint density at radius 1 is 1.31 bits per heavy atom. The normalized spacial score (nSPS) is 14.4. The molecule has 1 atom stereocenters. The molecule has 0 spiro atoms. The first kappa shape index (κ1) is 29.1. The molecule has 2 N–H and O–H groups in total. The quantitative estimate of drug-likeness (QED) is 0.255. The molecular weight excluding hydrogens is 473 g/mol. The summed E-state index contributed by atoms with van der Waals surface area (Å²) < 4.78 is 10.5. The Labute approximate surface area is 248 Å². The second kappa shape index (κ2) is 15.1.